The van der Waals surface area contributed by atoms with Crippen LogP contribution in [0.1, 0.15) is 103 Å². The van der Waals surface area contributed by atoms with Crippen LogP contribution in [0.25, 0.3) is 21.6 Å². The van der Waals surface area contributed by atoms with E-state index in [1.807, 2.05) is 90.4 Å². The van der Waals surface area contributed by atoms with Crippen LogP contribution in [-0.4, -0.2) is 163 Å². The fraction of sp³-hybridized carbons (Fsp3) is 0.524. The molecule has 3 aliphatic heterocycles. The normalized spacial score (nSPS) is 17.6. The minimum absolute atomic E-state index is 0.0392. The summed E-state index contributed by atoms with van der Waals surface area (Å²) in [5, 5.41) is 23.1. The lowest BCUT2D eigenvalue weighted by atomic mass is 9.85. The molecule has 0 radical (unpaired) electrons. The van der Waals surface area contributed by atoms with Crippen molar-refractivity contribution in [3.63, 3.8) is 0 Å². The zero-order valence-electron chi connectivity index (χ0n) is 49.3. The summed E-state index contributed by atoms with van der Waals surface area (Å²) < 4.78 is 11.6. The standard InChI is InChI=1S/C63H86N10O8S/c1-9-72(50-19-28-81-29-20-50)54-33-49(32-52(43(54)4)59(76)67-36-53-41(2)31-42(3)69-60(53)77)47-15-13-46(14-16-47)37-70-23-25-71(26-24-70)39-56(75)64-22-30-80-27-10-21-65-58(63(6,7)8)62(79)73-38-51(74)34-55(73)61(78)66-35-45-11-17-48(18-12-45)57-44(5)68-40-82-57/h11-18,31-33,40,50-51,55,58,65,74H,9-10,19-30,34-39H2,1-8H3,(H,64,75)(H,66,78)(H,67,76)(H,69,77)/t51-,55+,58?/m1/s1. The van der Waals surface area contributed by atoms with Gasteiger partial charge in [-0.15, -0.1) is 11.3 Å². The summed E-state index contributed by atoms with van der Waals surface area (Å²) in [6, 6.07) is 21.6. The number of rotatable bonds is 24. The van der Waals surface area contributed by atoms with Crippen LogP contribution in [0.2, 0.25) is 0 Å². The molecule has 0 bridgehead atoms. The molecule has 3 aliphatic rings. The number of aromatic amines is 1. The van der Waals surface area contributed by atoms with Gasteiger partial charge in [0, 0.05) is 120 Å². The van der Waals surface area contributed by atoms with Crippen LogP contribution in [0.3, 0.4) is 0 Å². The first-order valence-corrected chi connectivity index (χ1v) is 30.1. The van der Waals surface area contributed by atoms with E-state index in [1.165, 1.54) is 10.5 Å². The molecule has 2 aromatic heterocycles. The Labute approximate surface area is 487 Å². The molecule has 0 aliphatic carbocycles. The van der Waals surface area contributed by atoms with Crippen molar-refractivity contribution in [3.05, 3.63) is 127 Å². The number of amides is 4. The van der Waals surface area contributed by atoms with Crippen LogP contribution in [0.15, 0.2) is 77.0 Å². The zero-order valence-corrected chi connectivity index (χ0v) is 50.1. The minimum atomic E-state index is -0.789. The Morgan fingerprint density at radius 2 is 1.55 bits per heavy atom. The molecule has 6 N–H and O–H groups in total. The van der Waals surface area contributed by atoms with E-state index in [1.54, 1.807) is 11.3 Å². The van der Waals surface area contributed by atoms with Gasteiger partial charge in [-0.3, -0.25) is 33.8 Å². The molecule has 82 heavy (non-hydrogen) atoms. The number of piperazine rings is 1. The van der Waals surface area contributed by atoms with Crippen molar-refractivity contribution < 1.29 is 33.8 Å². The maximum atomic E-state index is 14.1. The van der Waals surface area contributed by atoms with Crippen LogP contribution in [0.4, 0.5) is 5.69 Å². The Morgan fingerprint density at radius 3 is 2.22 bits per heavy atom. The number of aliphatic hydroxyl groups excluding tert-OH is 1. The molecule has 8 rings (SSSR count). The predicted molar refractivity (Wildman–Crippen MR) is 323 cm³/mol. The van der Waals surface area contributed by atoms with E-state index in [0.717, 1.165) is 107 Å². The molecule has 3 saturated heterocycles. The van der Waals surface area contributed by atoms with Gasteiger partial charge in [-0.25, -0.2) is 4.98 Å². The van der Waals surface area contributed by atoms with Crippen molar-refractivity contribution in [2.24, 2.45) is 5.41 Å². The lowest BCUT2D eigenvalue weighted by Crippen LogP contribution is -2.56. The molecule has 0 spiro atoms. The number of carbonyl (C=O) groups excluding carboxylic acids is 4. The fourth-order valence-electron chi connectivity index (χ4n) is 11.5. The van der Waals surface area contributed by atoms with Crippen LogP contribution in [0, 0.1) is 33.1 Å². The van der Waals surface area contributed by atoms with E-state index in [9.17, 15) is 29.1 Å². The Hall–Kier alpha value is -6.32. The number of carbonyl (C=O) groups is 4. The summed E-state index contributed by atoms with van der Waals surface area (Å²) in [4.78, 5) is 84.2. The monoisotopic (exact) mass is 1140 g/mol. The molecular formula is C63H86N10O8S. The number of nitrogens with zero attached hydrogens (tertiary/aromatic N) is 5. The first-order valence-electron chi connectivity index (χ1n) is 29.2. The first-order chi connectivity index (χ1) is 39.4. The van der Waals surface area contributed by atoms with Gasteiger partial charge in [-0.2, -0.15) is 0 Å². The number of aliphatic hydroxyl groups is 1. The van der Waals surface area contributed by atoms with Crippen LogP contribution in [0.5, 0.6) is 0 Å². The summed E-state index contributed by atoms with van der Waals surface area (Å²) in [6.45, 7) is 24.6. The van der Waals surface area contributed by atoms with E-state index in [4.69, 9.17) is 9.47 Å². The Bertz CT molecular complexity index is 3020. The topological polar surface area (TPSA) is 214 Å². The highest BCUT2D eigenvalue weighted by atomic mass is 32.1. The molecule has 5 aromatic rings. The fourth-order valence-corrected chi connectivity index (χ4v) is 12.3. The summed E-state index contributed by atoms with van der Waals surface area (Å²) in [5.74, 6) is -0.760. The number of pyridine rings is 1. The van der Waals surface area contributed by atoms with Crippen LogP contribution >= 0.6 is 11.3 Å². The number of hydrogen-bond acceptors (Lipinski definition) is 14. The highest BCUT2D eigenvalue weighted by Gasteiger charge is 2.44. The van der Waals surface area contributed by atoms with Gasteiger partial charge in [0.05, 0.1) is 41.4 Å². The van der Waals surface area contributed by atoms with E-state index in [-0.39, 0.29) is 48.7 Å². The molecule has 3 fully saturated rings. The maximum absolute atomic E-state index is 14.1. The molecule has 0 saturated carbocycles. The lowest BCUT2D eigenvalue weighted by Gasteiger charge is -2.37. The van der Waals surface area contributed by atoms with Gasteiger partial charge in [-0.1, -0.05) is 69.3 Å². The van der Waals surface area contributed by atoms with Crippen molar-refractivity contribution in [2.45, 2.75) is 125 Å². The Morgan fingerprint density at radius 1 is 0.854 bits per heavy atom. The van der Waals surface area contributed by atoms with E-state index in [0.29, 0.717) is 76.2 Å². The maximum Gasteiger partial charge on any atom is 0.253 e. The quantitative estimate of drug-likeness (QED) is 0.0378. The number of ether oxygens (including phenoxy) is 2. The Kier molecular flexibility index (Phi) is 21.7. The molecule has 4 amide bonds. The lowest BCUT2D eigenvalue weighted by molar-refractivity contribution is -0.142. The van der Waals surface area contributed by atoms with Crippen molar-refractivity contribution in [1.29, 1.82) is 0 Å². The van der Waals surface area contributed by atoms with E-state index < -0.39 is 23.6 Å². The molecule has 19 heteroatoms. The second kappa shape index (κ2) is 28.8. The average molecular weight is 1140 g/mol. The molecule has 3 atom stereocenters. The van der Waals surface area contributed by atoms with Crippen molar-refractivity contribution in [2.75, 3.05) is 90.2 Å². The molecule has 442 valence electrons. The van der Waals surface area contributed by atoms with Crippen molar-refractivity contribution in [3.8, 4) is 21.6 Å². The third-order valence-electron chi connectivity index (χ3n) is 16.1. The van der Waals surface area contributed by atoms with E-state index in [2.05, 4.69) is 83.2 Å². The summed E-state index contributed by atoms with van der Waals surface area (Å²) in [7, 11) is 0. The third kappa shape index (κ3) is 16.3. The van der Waals surface area contributed by atoms with Gasteiger partial charge >= 0.3 is 0 Å². The largest absolute Gasteiger partial charge is 0.391 e. The number of likely N-dealkylation sites (tertiary alicyclic amines) is 1. The first kappa shape index (κ1) is 61.7. The average Bonchev–Trinajstić information content (AvgIpc) is 3.87. The second-order valence-corrected chi connectivity index (χ2v) is 24.2. The number of hydrogen-bond donors (Lipinski definition) is 6. The number of aromatic nitrogens is 2. The SMILES string of the molecule is CCN(c1cc(-c2ccc(CN3CCN(CC(=O)NCCOCCCNC(C(=O)N4C[C@H](O)C[C@H]4C(=O)NCc4ccc(-c5scnc5C)cc4)C(C)(C)C)CC3)cc2)cc(C(=O)NCc2c(C)cc(C)[nH]c2=O)c1C)C1CCOCC1. The van der Waals surface area contributed by atoms with Crippen LogP contribution < -0.4 is 31.7 Å². The highest BCUT2D eigenvalue weighted by Crippen LogP contribution is 2.35. The summed E-state index contributed by atoms with van der Waals surface area (Å²) >= 11 is 1.59. The number of thiazole rings is 1. The molecule has 1 unspecified atom stereocenters. The molecular weight excluding hydrogens is 1060 g/mol. The van der Waals surface area contributed by atoms with Gasteiger partial charge in [-0.05, 0) is 123 Å². The van der Waals surface area contributed by atoms with Crippen molar-refractivity contribution >= 4 is 40.7 Å². The number of aryl methyl sites for hydroxylation is 3. The number of benzene rings is 3. The smallest absolute Gasteiger partial charge is 0.253 e. The minimum Gasteiger partial charge on any atom is -0.391 e. The van der Waals surface area contributed by atoms with Gasteiger partial charge < -0.3 is 50.6 Å². The predicted octanol–water partition coefficient (Wildman–Crippen LogP) is 6.26. The van der Waals surface area contributed by atoms with Crippen molar-refractivity contribution in [1.82, 2.24) is 45.9 Å². The summed E-state index contributed by atoms with van der Waals surface area (Å²) in [5.41, 5.74) is 12.0. The number of nitrogens with one attached hydrogen (secondary N) is 5. The number of anilines is 1. The number of H-pyrrole nitrogens is 1. The van der Waals surface area contributed by atoms with Crippen LogP contribution in [-0.2, 0) is 43.5 Å². The Balaban J connectivity index is 0.744. The van der Waals surface area contributed by atoms with E-state index >= 15 is 0 Å². The third-order valence-corrected chi connectivity index (χ3v) is 17.1. The van der Waals surface area contributed by atoms with Gasteiger partial charge in [0.1, 0.15) is 6.04 Å². The summed E-state index contributed by atoms with van der Waals surface area (Å²) in [6.07, 6.45) is 1.87. The molecule has 5 heterocycles. The number of β-amino-alcohol motifs (C(OH)–C–C–N with tert-alkyl or cyclic N) is 1. The molecule has 3 aromatic carbocycles. The van der Waals surface area contributed by atoms with Gasteiger partial charge in [0.2, 0.25) is 17.7 Å². The van der Waals surface area contributed by atoms with Gasteiger partial charge in [0.15, 0.2) is 0 Å². The zero-order chi connectivity index (χ0) is 58.5. The molecule has 18 nitrogen and oxygen atoms in total. The second-order valence-electron chi connectivity index (χ2n) is 23.3. The highest BCUT2D eigenvalue weighted by molar-refractivity contribution is 7.13. The van der Waals surface area contributed by atoms with Gasteiger partial charge in [0.25, 0.3) is 11.5 Å².